The Labute approximate surface area is 191 Å². The smallest absolute Gasteiger partial charge is 0.418 e. The van der Waals surface area contributed by atoms with E-state index in [-0.39, 0.29) is 24.3 Å². The Morgan fingerprint density at radius 1 is 1.03 bits per heavy atom. The minimum Gasteiger partial charge on any atom is -0.494 e. The highest BCUT2D eigenvalue weighted by atomic mass is 19.4. The van der Waals surface area contributed by atoms with E-state index in [1.165, 1.54) is 18.2 Å². The molecule has 2 aliphatic rings. The molecule has 1 amide bonds. The van der Waals surface area contributed by atoms with E-state index in [4.69, 9.17) is 4.74 Å². The number of ketones is 1. The number of benzene rings is 2. The molecule has 174 valence electrons. The maximum absolute atomic E-state index is 13.8. The summed E-state index contributed by atoms with van der Waals surface area (Å²) in [5, 5.41) is 0. The number of allylic oxidation sites excluding steroid dienone is 2. The van der Waals surface area contributed by atoms with Crippen LogP contribution in [0.3, 0.4) is 0 Å². The summed E-state index contributed by atoms with van der Waals surface area (Å²) in [7, 11) is 0. The lowest BCUT2D eigenvalue weighted by Gasteiger charge is -2.43. The predicted octanol–water partition coefficient (Wildman–Crippen LogP) is 6.27. The Kier molecular flexibility index (Phi) is 5.85. The maximum atomic E-state index is 13.8. The molecule has 33 heavy (non-hydrogen) atoms. The number of alkyl halides is 3. The van der Waals surface area contributed by atoms with Crippen LogP contribution in [0.5, 0.6) is 5.75 Å². The van der Waals surface area contributed by atoms with Crippen molar-refractivity contribution in [1.29, 1.82) is 0 Å². The molecule has 4 rings (SSSR count). The van der Waals surface area contributed by atoms with Gasteiger partial charge in [-0.2, -0.15) is 13.2 Å². The second kappa shape index (κ2) is 8.36. The Morgan fingerprint density at radius 3 is 2.39 bits per heavy atom. The van der Waals surface area contributed by atoms with Gasteiger partial charge in [-0.1, -0.05) is 44.2 Å². The molecule has 0 fully saturated rings. The van der Waals surface area contributed by atoms with Crippen LogP contribution in [0.25, 0.3) is 0 Å². The Balaban J connectivity index is 1.95. The summed E-state index contributed by atoms with van der Waals surface area (Å²) < 4.78 is 47.2. The third-order valence-corrected chi connectivity index (χ3v) is 6.19. The third-order valence-electron chi connectivity index (χ3n) is 6.19. The molecular weight excluding hydrogens is 431 g/mol. The minimum absolute atomic E-state index is 0.110. The number of rotatable bonds is 4. The van der Waals surface area contributed by atoms with Crippen molar-refractivity contribution in [3.8, 4) is 5.75 Å². The molecule has 0 aromatic heterocycles. The van der Waals surface area contributed by atoms with Crippen LogP contribution in [-0.2, 0) is 15.8 Å². The SMILES string of the molecule is CCOc1ccccc1C1CC(=O)N(c2ccccc2C(F)(F)F)C2=C1C(=O)CC(C)(C)C2. The molecule has 1 unspecified atom stereocenters. The largest absolute Gasteiger partial charge is 0.494 e. The number of carbonyl (C=O) groups is 2. The summed E-state index contributed by atoms with van der Waals surface area (Å²) in [6, 6.07) is 12.3. The minimum atomic E-state index is -4.63. The monoisotopic (exact) mass is 457 g/mol. The fourth-order valence-electron chi connectivity index (χ4n) is 4.92. The van der Waals surface area contributed by atoms with Crippen molar-refractivity contribution < 1.29 is 27.5 Å². The second-order valence-corrected chi connectivity index (χ2v) is 9.27. The number of carbonyl (C=O) groups excluding carboxylic acids is 2. The van der Waals surface area contributed by atoms with Crippen LogP contribution < -0.4 is 9.64 Å². The zero-order valence-electron chi connectivity index (χ0n) is 18.8. The lowest BCUT2D eigenvalue weighted by molar-refractivity contribution is -0.137. The zero-order valence-corrected chi connectivity index (χ0v) is 18.8. The average molecular weight is 457 g/mol. The maximum Gasteiger partial charge on any atom is 0.418 e. The van der Waals surface area contributed by atoms with Gasteiger partial charge in [-0.25, -0.2) is 0 Å². The fourth-order valence-corrected chi connectivity index (χ4v) is 4.92. The number of hydrogen-bond acceptors (Lipinski definition) is 3. The first kappa shape index (κ1) is 23.1. The van der Waals surface area contributed by atoms with Crippen LogP contribution in [0.1, 0.15) is 57.1 Å². The van der Waals surface area contributed by atoms with E-state index < -0.39 is 29.0 Å². The highest BCUT2D eigenvalue weighted by molar-refractivity contribution is 6.08. The van der Waals surface area contributed by atoms with Gasteiger partial charge in [0, 0.05) is 35.6 Å². The predicted molar refractivity (Wildman–Crippen MR) is 119 cm³/mol. The van der Waals surface area contributed by atoms with Crippen LogP contribution in [0.15, 0.2) is 59.8 Å². The van der Waals surface area contributed by atoms with E-state index in [0.29, 0.717) is 35.6 Å². The third kappa shape index (κ3) is 4.28. The van der Waals surface area contributed by atoms with Crippen molar-refractivity contribution in [1.82, 2.24) is 0 Å². The molecule has 0 saturated carbocycles. The number of hydrogen-bond donors (Lipinski definition) is 0. The van der Waals surface area contributed by atoms with Crippen molar-refractivity contribution in [3.05, 3.63) is 70.9 Å². The standard InChI is InChI=1S/C26H26F3NO3/c1-4-33-22-12-8-5-9-16(22)17-13-23(32)30(19-11-7-6-10-18(19)26(27,28)29)20-14-25(2,3)15-21(31)24(17)20/h5-12,17H,4,13-15H2,1-3H3. The Hall–Kier alpha value is -3.09. The first-order valence-electron chi connectivity index (χ1n) is 11.0. The summed E-state index contributed by atoms with van der Waals surface area (Å²) in [5.74, 6) is -0.591. The number of para-hydroxylation sites is 2. The topological polar surface area (TPSA) is 46.6 Å². The molecular formula is C26H26F3NO3. The van der Waals surface area contributed by atoms with Gasteiger partial charge in [0.05, 0.1) is 17.9 Å². The quantitative estimate of drug-likeness (QED) is 0.544. The molecule has 0 bridgehead atoms. The van der Waals surface area contributed by atoms with Gasteiger partial charge in [0.15, 0.2) is 5.78 Å². The van der Waals surface area contributed by atoms with E-state index in [2.05, 4.69) is 0 Å². The number of anilines is 1. The van der Waals surface area contributed by atoms with Crippen LogP contribution in [0.4, 0.5) is 18.9 Å². The summed E-state index contributed by atoms with van der Waals surface area (Å²) in [6.45, 7) is 6.04. The average Bonchev–Trinajstić information content (AvgIpc) is 2.72. The van der Waals surface area contributed by atoms with Crippen molar-refractivity contribution in [2.24, 2.45) is 5.41 Å². The van der Waals surface area contributed by atoms with Crippen LogP contribution in [-0.4, -0.2) is 18.3 Å². The van der Waals surface area contributed by atoms with Gasteiger partial charge in [-0.3, -0.25) is 14.5 Å². The molecule has 0 N–H and O–H groups in total. The van der Waals surface area contributed by atoms with Crippen molar-refractivity contribution >= 4 is 17.4 Å². The van der Waals surface area contributed by atoms with Crippen molar-refractivity contribution in [2.75, 3.05) is 11.5 Å². The molecule has 0 saturated heterocycles. The summed E-state index contributed by atoms with van der Waals surface area (Å²) in [6.07, 6.45) is -4.16. The summed E-state index contributed by atoms with van der Waals surface area (Å²) in [4.78, 5) is 28.0. The van der Waals surface area contributed by atoms with E-state index >= 15 is 0 Å². The zero-order chi connectivity index (χ0) is 24.0. The molecule has 1 atom stereocenters. The molecule has 1 heterocycles. The van der Waals surface area contributed by atoms with Gasteiger partial charge in [0.2, 0.25) is 5.91 Å². The van der Waals surface area contributed by atoms with Crippen LogP contribution in [0, 0.1) is 5.41 Å². The highest BCUT2D eigenvalue weighted by Crippen LogP contribution is 2.50. The number of nitrogens with zero attached hydrogens (tertiary/aromatic N) is 1. The van der Waals surface area contributed by atoms with E-state index in [1.807, 2.05) is 39.0 Å². The number of halogens is 3. The van der Waals surface area contributed by atoms with E-state index in [1.54, 1.807) is 6.07 Å². The lowest BCUT2D eigenvalue weighted by Crippen LogP contribution is -2.44. The van der Waals surface area contributed by atoms with E-state index in [0.717, 1.165) is 11.0 Å². The van der Waals surface area contributed by atoms with Crippen molar-refractivity contribution in [3.63, 3.8) is 0 Å². The van der Waals surface area contributed by atoms with Gasteiger partial charge < -0.3 is 4.74 Å². The van der Waals surface area contributed by atoms with Crippen LogP contribution in [0.2, 0.25) is 0 Å². The Bertz CT molecular complexity index is 1130. The summed E-state index contributed by atoms with van der Waals surface area (Å²) >= 11 is 0. The summed E-state index contributed by atoms with van der Waals surface area (Å²) in [5.41, 5.74) is -0.127. The fraction of sp³-hybridized carbons (Fsp3) is 0.385. The van der Waals surface area contributed by atoms with Gasteiger partial charge >= 0.3 is 6.18 Å². The first-order valence-corrected chi connectivity index (χ1v) is 11.0. The Morgan fingerprint density at radius 2 is 1.70 bits per heavy atom. The van der Waals surface area contributed by atoms with Gasteiger partial charge in [0.25, 0.3) is 0 Å². The molecule has 0 radical (unpaired) electrons. The lowest BCUT2D eigenvalue weighted by atomic mass is 9.69. The molecule has 0 spiro atoms. The highest BCUT2D eigenvalue weighted by Gasteiger charge is 2.46. The molecule has 2 aromatic rings. The van der Waals surface area contributed by atoms with Gasteiger partial charge in [-0.15, -0.1) is 0 Å². The molecule has 4 nitrogen and oxygen atoms in total. The van der Waals surface area contributed by atoms with Gasteiger partial charge in [0.1, 0.15) is 5.75 Å². The van der Waals surface area contributed by atoms with E-state index in [9.17, 15) is 22.8 Å². The first-order chi connectivity index (χ1) is 15.5. The van der Waals surface area contributed by atoms with Crippen LogP contribution >= 0.6 is 0 Å². The molecule has 7 heteroatoms. The second-order valence-electron chi connectivity index (χ2n) is 9.27. The number of amides is 1. The molecule has 1 aliphatic heterocycles. The molecule has 1 aliphatic carbocycles. The number of Topliss-reactive ketones (excluding diaryl/α,β-unsaturated/α-hetero) is 1. The number of ether oxygens (including phenoxy) is 1. The molecule has 2 aromatic carbocycles. The van der Waals surface area contributed by atoms with Gasteiger partial charge in [-0.05, 0) is 37.0 Å². The van der Waals surface area contributed by atoms with Crippen molar-refractivity contribution in [2.45, 2.75) is 52.1 Å². The normalized spacial score (nSPS) is 20.7.